The molecule has 0 radical (unpaired) electrons. The number of nitrogens with one attached hydrogen (secondary N) is 1. The van der Waals surface area contributed by atoms with E-state index < -0.39 is 0 Å². The summed E-state index contributed by atoms with van der Waals surface area (Å²) in [6.07, 6.45) is 3.59. The van der Waals surface area contributed by atoms with Gasteiger partial charge in [0.05, 0.1) is 11.3 Å². The summed E-state index contributed by atoms with van der Waals surface area (Å²) in [5, 5.41) is 7.77. The van der Waals surface area contributed by atoms with Crippen LogP contribution in [-0.2, 0) is 7.05 Å². The summed E-state index contributed by atoms with van der Waals surface area (Å²) in [6, 6.07) is 0. The summed E-state index contributed by atoms with van der Waals surface area (Å²) >= 11 is 6.23. The highest BCUT2D eigenvalue weighted by molar-refractivity contribution is 6.33. The lowest BCUT2D eigenvalue weighted by Gasteiger charge is -2.30. The SMILES string of the molecule is CC(C)c1nn(C)c(Cl)c1C(=O)NCCCN1CCC[C@@H](C)C1. The van der Waals surface area contributed by atoms with Gasteiger partial charge in [0.2, 0.25) is 0 Å². The Morgan fingerprint density at radius 1 is 1.48 bits per heavy atom. The second kappa shape index (κ2) is 8.15. The summed E-state index contributed by atoms with van der Waals surface area (Å²) in [5.41, 5.74) is 1.29. The predicted molar refractivity (Wildman–Crippen MR) is 94.1 cm³/mol. The number of carbonyl (C=O) groups excluding carboxylic acids is 1. The molecule has 1 fully saturated rings. The van der Waals surface area contributed by atoms with Crippen LogP contribution in [0.25, 0.3) is 0 Å². The van der Waals surface area contributed by atoms with Crippen molar-refractivity contribution in [1.82, 2.24) is 20.0 Å². The number of halogens is 1. The Hall–Kier alpha value is -1.07. The predicted octanol–water partition coefficient (Wildman–Crippen LogP) is 3.05. The van der Waals surface area contributed by atoms with Gasteiger partial charge in [-0.1, -0.05) is 32.4 Å². The highest BCUT2D eigenvalue weighted by Crippen LogP contribution is 2.25. The first kappa shape index (κ1) is 18.3. The Morgan fingerprint density at radius 2 is 2.22 bits per heavy atom. The summed E-state index contributed by atoms with van der Waals surface area (Å²) in [6.45, 7) is 10.4. The molecule has 0 unspecified atom stereocenters. The normalized spacial score (nSPS) is 19.3. The van der Waals surface area contributed by atoms with Gasteiger partial charge in [-0.3, -0.25) is 9.48 Å². The van der Waals surface area contributed by atoms with Gasteiger partial charge in [0.25, 0.3) is 5.91 Å². The minimum absolute atomic E-state index is 0.112. The Balaban J connectivity index is 1.83. The highest BCUT2D eigenvalue weighted by Gasteiger charge is 2.23. The lowest BCUT2D eigenvalue weighted by atomic mass is 10.0. The number of hydrogen-bond acceptors (Lipinski definition) is 3. The van der Waals surface area contributed by atoms with Gasteiger partial charge in [-0.25, -0.2) is 0 Å². The number of hydrogen-bond donors (Lipinski definition) is 1. The minimum atomic E-state index is -0.112. The van der Waals surface area contributed by atoms with Gasteiger partial charge in [-0.05, 0) is 44.2 Å². The zero-order valence-electron chi connectivity index (χ0n) is 14.7. The van der Waals surface area contributed by atoms with Crippen LogP contribution in [0.5, 0.6) is 0 Å². The molecule has 23 heavy (non-hydrogen) atoms. The molecule has 1 amide bonds. The standard InChI is InChI=1S/C17H29ClN4O/c1-12(2)15-14(16(18)21(4)20-15)17(23)19-8-6-10-22-9-5-7-13(3)11-22/h12-13H,5-11H2,1-4H3,(H,19,23)/t13-/m1/s1. The molecule has 0 aromatic carbocycles. The quantitative estimate of drug-likeness (QED) is 0.810. The molecule has 6 heteroatoms. The molecule has 1 aliphatic heterocycles. The van der Waals surface area contributed by atoms with Crippen molar-refractivity contribution < 1.29 is 4.79 Å². The van der Waals surface area contributed by atoms with Crippen LogP contribution >= 0.6 is 11.6 Å². The number of amides is 1. The maximum absolute atomic E-state index is 12.4. The fraction of sp³-hybridized carbons (Fsp3) is 0.765. The van der Waals surface area contributed by atoms with E-state index in [0.717, 1.165) is 24.6 Å². The van der Waals surface area contributed by atoms with Crippen molar-refractivity contribution in [2.24, 2.45) is 13.0 Å². The molecule has 2 heterocycles. The molecule has 1 atom stereocenters. The van der Waals surface area contributed by atoms with Gasteiger partial charge in [-0.2, -0.15) is 5.10 Å². The second-order valence-corrected chi connectivity index (χ2v) is 7.34. The monoisotopic (exact) mass is 340 g/mol. The maximum atomic E-state index is 12.4. The van der Waals surface area contributed by atoms with E-state index in [9.17, 15) is 4.79 Å². The topological polar surface area (TPSA) is 50.2 Å². The molecule has 1 aromatic rings. The van der Waals surface area contributed by atoms with E-state index in [1.54, 1.807) is 11.7 Å². The lowest BCUT2D eigenvalue weighted by molar-refractivity contribution is 0.0949. The van der Waals surface area contributed by atoms with Crippen molar-refractivity contribution in [3.63, 3.8) is 0 Å². The van der Waals surface area contributed by atoms with Crippen LogP contribution in [0, 0.1) is 5.92 Å². The smallest absolute Gasteiger partial charge is 0.256 e. The number of rotatable bonds is 6. The number of carbonyl (C=O) groups is 1. The first-order valence-corrected chi connectivity index (χ1v) is 9.00. The average molecular weight is 341 g/mol. The van der Waals surface area contributed by atoms with Gasteiger partial charge in [-0.15, -0.1) is 0 Å². The van der Waals surface area contributed by atoms with Crippen LogP contribution in [0.3, 0.4) is 0 Å². The molecular formula is C17H29ClN4O. The molecule has 1 N–H and O–H groups in total. The summed E-state index contributed by atoms with van der Waals surface area (Å²) in [7, 11) is 1.77. The molecule has 1 aromatic heterocycles. The zero-order valence-corrected chi connectivity index (χ0v) is 15.5. The Morgan fingerprint density at radius 3 is 2.87 bits per heavy atom. The van der Waals surface area contributed by atoms with Crippen LogP contribution < -0.4 is 5.32 Å². The van der Waals surface area contributed by atoms with E-state index in [0.29, 0.717) is 17.3 Å². The van der Waals surface area contributed by atoms with Gasteiger partial charge < -0.3 is 10.2 Å². The lowest BCUT2D eigenvalue weighted by Crippen LogP contribution is -2.36. The average Bonchev–Trinajstić information content (AvgIpc) is 2.80. The van der Waals surface area contributed by atoms with Crippen molar-refractivity contribution >= 4 is 17.5 Å². The summed E-state index contributed by atoms with van der Waals surface area (Å²) < 4.78 is 1.57. The molecular weight excluding hydrogens is 312 g/mol. The van der Waals surface area contributed by atoms with Crippen LogP contribution in [-0.4, -0.2) is 46.8 Å². The third-order valence-electron chi connectivity index (χ3n) is 4.46. The Labute approximate surface area is 144 Å². The molecule has 0 spiro atoms. The van der Waals surface area contributed by atoms with Crippen LogP contribution in [0.2, 0.25) is 5.15 Å². The maximum Gasteiger partial charge on any atom is 0.256 e. The van der Waals surface area contributed by atoms with E-state index in [-0.39, 0.29) is 11.8 Å². The van der Waals surface area contributed by atoms with E-state index in [4.69, 9.17) is 11.6 Å². The van der Waals surface area contributed by atoms with Crippen LogP contribution in [0.15, 0.2) is 0 Å². The van der Waals surface area contributed by atoms with Crippen LogP contribution in [0.4, 0.5) is 0 Å². The highest BCUT2D eigenvalue weighted by atomic mass is 35.5. The minimum Gasteiger partial charge on any atom is -0.352 e. The molecule has 5 nitrogen and oxygen atoms in total. The molecule has 2 rings (SSSR count). The van der Waals surface area contributed by atoms with Crippen molar-refractivity contribution in [3.8, 4) is 0 Å². The number of piperidine rings is 1. The number of nitrogens with zero attached hydrogens (tertiary/aromatic N) is 3. The molecule has 0 aliphatic carbocycles. The fourth-order valence-electron chi connectivity index (χ4n) is 3.22. The third-order valence-corrected chi connectivity index (χ3v) is 4.89. The largest absolute Gasteiger partial charge is 0.352 e. The van der Waals surface area contributed by atoms with Gasteiger partial charge in [0, 0.05) is 20.1 Å². The van der Waals surface area contributed by atoms with Gasteiger partial charge in [0.1, 0.15) is 5.15 Å². The van der Waals surface area contributed by atoms with Crippen molar-refractivity contribution in [3.05, 3.63) is 16.4 Å². The number of likely N-dealkylation sites (tertiary alicyclic amines) is 1. The number of aromatic nitrogens is 2. The van der Waals surface area contributed by atoms with E-state index in [1.165, 1.54) is 25.9 Å². The van der Waals surface area contributed by atoms with Gasteiger partial charge >= 0.3 is 0 Å². The molecule has 0 saturated carbocycles. The first-order valence-electron chi connectivity index (χ1n) is 8.63. The summed E-state index contributed by atoms with van der Waals surface area (Å²) in [4.78, 5) is 14.9. The van der Waals surface area contributed by atoms with Gasteiger partial charge in [0.15, 0.2) is 0 Å². The second-order valence-electron chi connectivity index (χ2n) is 6.99. The van der Waals surface area contributed by atoms with Crippen LogP contribution in [0.1, 0.15) is 62.0 Å². The third kappa shape index (κ3) is 4.70. The summed E-state index contributed by atoms with van der Waals surface area (Å²) in [5.74, 6) is 0.851. The van der Waals surface area contributed by atoms with Crippen molar-refractivity contribution in [2.45, 2.75) is 46.0 Å². The first-order chi connectivity index (χ1) is 10.9. The van der Waals surface area contributed by atoms with Crippen molar-refractivity contribution in [1.29, 1.82) is 0 Å². The molecule has 130 valence electrons. The molecule has 0 bridgehead atoms. The zero-order chi connectivity index (χ0) is 17.0. The molecule has 1 aliphatic rings. The Bertz CT molecular complexity index is 541. The molecule has 1 saturated heterocycles. The van der Waals surface area contributed by atoms with E-state index >= 15 is 0 Å². The van der Waals surface area contributed by atoms with E-state index in [2.05, 4.69) is 22.2 Å². The van der Waals surface area contributed by atoms with Crippen molar-refractivity contribution in [2.75, 3.05) is 26.2 Å². The Kier molecular flexibility index (Phi) is 6.48. The fourth-order valence-corrected chi connectivity index (χ4v) is 3.44. The van der Waals surface area contributed by atoms with E-state index in [1.807, 2.05) is 13.8 Å². The number of aryl methyl sites for hydroxylation is 1.